The number of pyridine rings is 1. The molecule has 0 aliphatic heterocycles. The molecule has 0 radical (unpaired) electrons. The van der Waals surface area contributed by atoms with Gasteiger partial charge in [-0.15, -0.1) is 12.4 Å². The van der Waals surface area contributed by atoms with Gasteiger partial charge in [-0.3, -0.25) is 4.79 Å². The monoisotopic (exact) mass is 360 g/mol. The van der Waals surface area contributed by atoms with Gasteiger partial charge in [-0.1, -0.05) is 0 Å². The molecule has 1 unspecified atom stereocenters. The molecule has 0 saturated heterocycles. The van der Waals surface area contributed by atoms with Crippen molar-refractivity contribution in [3.63, 3.8) is 0 Å². The summed E-state index contributed by atoms with van der Waals surface area (Å²) < 4.78 is 6.51. The van der Waals surface area contributed by atoms with Crippen LogP contribution in [0.1, 0.15) is 17.7 Å². The Kier molecular flexibility index (Phi) is 4.65. The van der Waals surface area contributed by atoms with Crippen molar-refractivity contribution >= 4 is 23.6 Å². The van der Waals surface area contributed by atoms with E-state index in [1.54, 1.807) is 18.3 Å². The fraction of sp³-hybridized carbons (Fsp3) is 0.312. The number of nitrogens with zero attached hydrogens (tertiary/aromatic N) is 5. The summed E-state index contributed by atoms with van der Waals surface area (Å²) in [5.41, 5.74) is 8.56. The third-order valence-electron chi connectivity index (χ3n) is 4.16. The molecule has 3 aromatic rings. The van der Waals surface area contributed by atoms with Gasteiger partial charge in [0.2, 0.25) is 11.8 Å². The molecule has 1 aliphatic carbocycles. The molecule has 0 saturated carbocycles. The Labute approximate surface area is 149 Å². The maximum atomic E-state index is 12.4. The molecule has 130 valence electrons. The fourth-order valence-corrected chi connectivity index (χ4v) is 2.92. The summed E-state index contributed by atoms with van der Waals surface area (Å²) in [6, 6.07) is 3.58. The SMILES string of the molecule is COc1ccc2ncc(=O)n(-c3ncc4c(n3)CCC(N)C4)c2n1.Cl. The predicted molar refractivity (Wildman–Crippen MR) is 94.5 cm³/mol. The molecule has 3 aromatic heterocycles. The second-order valence-electron chi connectivity index (χ2n) is 5.77. The maximum absolute atomic E-state index is 12.4. The molecule has 2 N–H and O–H groups in total. The Morgan fingerprint density at radius 3 is 2.88 bits per heavy atom. The van der Waals surface area contributed by atoms with Gasteiger partial charge in [0.1, 0.15) is 5.52 Å². The summed E-state index contributed by atoms with van der Waals surface area (Å²) in [4.78, 5) is 29.7. The minimum absolute atomic E-state index is 0. The average Bonchev–Trinajstić information content (AvgIpc) is 2.60. The lowest BCUT2D eigenvalue weighted by atomic mass is 9.94. The number of nitrogens with two attached hydrogens (primary N) is 1. The molecule has 25 heavy (non-hydrogen) atoms. The van der Waals surface area contributed by atoms with Crippen molar-refractivity contribution in [3.8, 4) is 11.8 Å². The Bertz CT molecular complexity index is 990. The van der Waals surface area contributed by atoms with Crippen LogP contribution >= 0.6 is 12.4 Å². The molecule has 0 spiro atoms. The summed E-state index contributed by atoms with van der Waals surface area (Å²) in [6.45, 7) is 0. The van der Waals surface area contributed by atoms with Crippen LogP contribution in [0.15, 0.2) is 29.3 Å². The number of halogens is 1. The lowest BCUT2D eigenvalue weighted by Gasteiger charge is -2.20. The highest BCUT2D eigenvalue weighted by Crippen LogP contribution is 2.20. The highest BCUT2D eigenvalue weighted by molar-refractivity contribution is 5.85. The van der Waals surface area contributed by atoms with Crippen molar-refractivity contribution in [2.45, 2.75) is 25.3 Å². The van der Waals surface area contributed by atoms with Crippen molar-refractivity contribution < 1.29 is 4.74 Å². The van der Waals surface area contributed by atoms with Gasteiger partial charge in [-0.05, 0) is 30.9 Å². The second kappa shape index (κ2) is 6.73. The van der Waals surface area contributed by atoms with Gasteiger partial charge in [-0.25, -0.2) is 19.5 Å². The van der Waals surface area contributed by atoms with Crippen LogP contribution in [0.5, 0.6) is 5.88 Å². The van der Waals surface area contributed by atoms with E-state index in [0.717, 1.165) is 30.5 Å². The number of aromatic nitrogens is 5. The van der Waals surface area contributed by atoms with Gasteiger partial charge in [-0.2, -0.15) is 4.98 Å². The number of aryl methyl sites for hydroxylation is 1. The summed E-state index contributed by atoms with van der Waals surface area (Å²) in [5.74, 6) is 0.690. The lowest BCUT2D eigenvalue weighted by Crippen LogP contribution is -2.29. The van der Waals surface area contributed by atoms with E-state index in [-0.39, 0.29) is 24.0 Å². The van der Waals surface area contributed by atoms with Crippen molar-refractivity contribution in [1.82, 2.24) is 24.5 Å². The standard InChI is InChI=1S/C16H16N6O2.ClH/c1-24-13-5-4-12-15(21-13)22(14(23)8-18-12)16-19-7-9-6-10(17)2-3-11(9)20-16;/h4-5,7-8,10H,2-3,6,17H2,1H3;1H. The lowest BCUT2D eigenvalue weighted by molar-refractivity contribution is 0.399. The van der Waals surface area contributed by atoms with E-state index in [4.69, 9.17) is 10.5 Å². The van der Waals surface area contributed by atoms with Gasteiger partial charge in [0, 0.05) is 24.0 Å². The normalized spacial score (nSPS) is 16.2. The zero-order valence-electron chi connectivity index (χ0n) is 13.5. The van der Waals surface area contributed by atoms with Crippen molar-refractivity contribution in [3.05, 3.63) is 46.1 Å². The van der Waals surface area contributed by atoms with E-state index in [1.807, 2.05) is 0 Å². The van der Waals surface area contributed by atoms with E-state index in [0.29, 0.717) is 23.0 Å². The molecule has 0 amide bonds. The zero-order valence-corrected chi connectivity index (χ0v) is 14.4. The largest absolute Gasteiger partial charge is 0.481 e. The molecule has 9 heteroatoms. The smallest absolute Gasteiger partial charge is 0.277 e. The van der Waals surface area contributed by atoms with Crippen LogP contribution < -0.4 is 16.0 Å². The fourth-order valence-electron chi connectivity index (χ4n) is 2.92. The molecule has 3 heterocycles. The summed E-state index contributed by atoms with van der Waals surface area (Å²) in [6.07, 6.45) is 5.40. The number of hydrogen-bond acceptors (Lipinski definition) is 7. The van der Waals surface area contributed by atoms with Gasteiger partial charge >= 0.3 is 0 Å². The predicted octanol–water partition coefficient (Wildman–Crippen LogP) is 0.817. The van der Waals surface area contributed by atoms with Crippen molar-refractivity contribution in [2.75, 3.05) is 7.11 Å². The Balaban J connectivity index is 0.00000182. The number of hydrogen-bond donors (Lipinski definition) is 1. The van der Waals surface area contributed by atoms with Crippen molar-refractivity contribution in [2.24, 2.45) is 5.73 Å². The van der Waals surface area contributed by atoms with E-state index in [2.05, 4.69) is 19.9 Å². The summed E-state index contributed by atoms with van der Waals surface area (Å²) in [5, 5.41) is 0. The molecule has 0 bridgehead atoms. The summed E-state index contributed by atoms with van der Waals surface area (Å²) in [7, 11) is 1.52. The minimum atomic E-state index is -0.337. The van der Waals surface area contributed by atoms with Gasteiger partial charge in [0.05, 0.1) is 13.3 Å². The van der Waals surface area contributed by atoms with Crippen LogP contribution in [-0.4, -0.2) is 37.7 Å². The zero-order chi connectivity index (χ0) is 16.7. The highest BCUT2D eigenvalue weighted by Gasteiger charge is 2.19. The first-order valence-corrected chi connectivity index (χ1v) is 7.69. The third-order valence-corrected chi connectivity index (χ3v) is 4.16. The van der Waals surface area contributed by atoms with Gasteiger partial charge < -0.3 is 10.5 Å². The Morgan fingerprint density at radius 1 is 1.24 bits per heavy atom. The average molecular weight is 361 g/mol. The molecular formula is C16H17ClN6O2. The third kappa shape index (κ3) is 3.06. The van der Waals surface area contributed by atoms with Gasteiger partial charge in [0.15, 0.2) is 5.65 Å². The first kappa shape index (κ1) is 17.2. The van der Waals surface area contributed by atoms with Crippen LogP contribution in [0.3, 0.4) is 0 Å². The van der Waals surface area contributed by atoms with Gasteiger partial charge in [0.25, 0.3) is 5.56 Å². The minimum Gasteiger partial charge on any atom is -0.481 e. The number of rotatable bonds is 2. The first-order valence-electron chi connectivity index (χ1n) is 7.69. The van der Waals surface area contributed by atoms with Crippen LogP contribution in [-0.2, 0) is 12.8 Å². The van der Waals surface area contributed by atoms with Crippen molar-refractivity contribution in [1.29, 1.82) is 0 Å². The molecule has 8 nitrogen and oxygen atoms in total. The van der Waals surface area contributed by atoms with E-state index in [9.17, 15) is 4.79 Å². The topological polar surface area (TPSA) is 109 Å². The van der Waals surface area contributed by atoms with E-state index < -0.39 is 0 Å². The molecule has 1 atom stereocenters. The highest BCUT2D eigenvalue weighted by atomic mass is 35.5. The van der Waals surface area contributed by atoms with Crippen LogP contribution in [0.25, 0.3) is 17.1 Å². The molecule has 0 fully saturated rings. The molecular weight excluding hydrogens is 344 g/mol. The summed E-state index contributed by atoms with van der Waals surface area (Å²) >= 11 is 0. The van der Waals surface area contributed by atoms with Crippen LogP contribution in [0.4, 0.5) is 0 Å². The number of methoxy groups -OCH3 is 1. The molecule has 4 rings (SSSR count). The Hall–Kier alpha value is -2.58. The van der Waals surface area contributed by atoms with Crippen LogP contribution in [0, 0.1) is 0 Å². The van der Waals surface area contributed by atoms with Crippen LogP contribution in [0.2, 0.25) is 0 Å². The molecule has 0 aromatic carbocycles. The quantitative estimate of drug-likeness (QED) is 0.720. The number of fused-ring (bicyclic) bond motifs is 2. The van der Waals surface area contributed by atoms with E-state index in [1.165, 1.54) is 17.9 Å². The maximum Gasteiger partial charge on any atom is 0.277 e. The Morgan fingerprint density at radius 2 is 2.08 bits per heavy atom. The van der Waals surface area contributed by atoms with E-state index >= 15 is 0 Å². The second-order valence-corrected chi connectivity index (χ2v) is 5.77. The number of ether oxygens (including phenoxy) is 1. The first-order chi connectivity index (χ1) is 11.7. The molecule has 1 aliphatic rings.